The highest BCUT2D eigenvalue weighted by Crippen LogP contribution is 2.26. The summed E-state index contributed by atoms with van der Waals surface area (Å²) in [5, 5.41) is 9.35. The van der Waals surface area contributed by atoms with Gasteiger partial charge in [0.05, 0.1) is 6.10 Å². The van der Waals surface area contributed by atoms with E-state index in [4.69, 9.17) is 4.74 Å². The Labute approximate surface area is 77.5 Å². The molecule has 1 N–H and O–H groups in total. The predicted molar refractivity (Wildman–Crippen MR) is 51.6 cm³/mol. The topological polar surface area (TPSA) is 29.5 Å². The Balaban J connectivity index is 2.38. The molecule has 2 heteroatoms. The maximum Gasteiger partial charge on any atom is 0.127 e. The van der Waals surface area contributed by atoms with E-state index < -0.39 is 6.10 Å². The normalized spacial score (nSPS) is 16.9. The van der Waals surface area contributed by atoms with Crippen molar-refractivity contribution in [1.82, 2.24) is 0 Å². The summed E-state index contributed by atoms with van der Waals surface area (Å²) < 4.78 is 5.47. The average Bonchev–Trinajstić information content (AvgIpc) is 2.17. The minimum Gasteiger partial charge on any atom is -0.489 e. The van der Waals surface area contributed by atoms with E-state index in [1.165, 1.54) is 0 Å². The van der Waals surface area contributed by atoms with Crippen molar-refractivity contribution in [2.75, 3.05) is 6.61 Å². The molecule has 0 saturated carbocycles. The number of para-hydroxylation sites is 1. The van der Waals surface area contributed by atoms with Gasteiger partial charge >= 0.3 is 0 Å². The summed E-state index contributed by atoms with van der Waals surface area (Å²) in [6, 6.07) is 7.82. The van der Waals surface area contributed by atoms with Gasteiger partial charge in [0.1, 0.15) is 12.4 Å². The molecule has 1 atom stereocenters. The molecular formula is C11H12O2. The van der Waals surface area contributed by atoms with Gasteiger partial charge in [0.25, 0.3) is 0 Å². The van der Waals surface area contributed by atoms with E-state index in [1.54, 1.807) is 6.92 Å². The summed E-state index contributed by atoms with van der Waals surface area (Å²) in [6.45, 7) is 2.25. The monoisotopic (exact) mass is 176 g/mol. The van der Waals surface area contributed by atoms with Crippen molar-refractivity contribution in [3.8, 4) is 5.75 Å². The number of rotatable bonds is 1. The van der Waals surface area contributed by atoms with Crippen molar-refractivity contribution in [1.29, 1.82) is 0 Å². The van der Waals surface area contributed by atoms with Crippen molar-refractivity contribution in [3.05, 3.63) is 35.4 Å². The van der Waals surface area contributed by atoms with Crippen LogP contribution in [-0.4, -0.2) is 17.8 Å². The van der Waals surface area contributed by atoms with Crippen LogP contribution in [0.4, 0.5) is 0 Å². The molecule has 1 aliphatic rings. The zero-order chi connectivity index (χ0) is 9.26. The van der Waals surface area contributed by atoms with Gasteiger partial charge in [0, 0.05) is 5.56 Å². The van der Waals surface area contributed by atoms with E-state index in [2.05, 4.69) is 0 Å². The van der Waals surface area contributed by atoms with Crippen molar-refractivity contribution in [2.24, 2.45) is 0 Å². The van der Waals surface area contributed by atoms with Gasteiger partial charge in [-0.3, -0.25) is 0 Å². The number of hydrogen-bond donors (Lipinski definition) is 1. The molecule has 2 nitrogen and oxygen atoms in total. The number of aliphatic hydroxyl groups is 1. The van der Waals surface area contributed by atoms with Crippen LogP contribution < -0.4 is 4.74 Å². The van der Waals surface area contributed by atoms with E-state index >= 15 is 0 Å². The second-order valence-electron chi connectivity index (χ2n) is 3.22. The third-order valence-corrected chi connectivity index (χ3v) is 2.19. The third kappa shape index (κ3) is 1.58. The quantitative estimate of drug-likeness (QED) is 0.707. The molecule has 0 bridgehead atoms. The Bertz CT molecular complexity index is 340. The molecule has 0 spiro atoms. The molecule has 0 amide bonds. The summed E-state index contributed by atoms with van der Waals surface area (Å²) in [5.74, 6) is 0.895. The van der Waals surface area contributed by atoms with E-state index in [1.807, 2.05) is 30.3 Å². The highest BCUT2D eigenvalue weighted by Gasteiger charge is 2.13. The molecule has 68 valence electrons. The van der Waals surface area contributed by atoms with Gasteiger partial charge in [-0.25, -0.2) is 0 Å². The largest absolute Gasteiger partial charge is 0.489 e. The number of aliphatic hydroxyl groups excluding tert-OH is 1. The SMILES string of the molecule is C[C@H](O)C1=Cc2ccccc2OC1. The van der Waals surface area contributed by atoms with Crippen LogP contribution in [-0.2, 0) is 0 Å². The van der Waals surface area contributed by atoms with E-state index in [0.29, 0.717) is 6.61 Å². The van der Waals surface area contributed by atoms with Gasteiger partial charge in [0.15, 0.2) is 0 Å². The molecule has 1 heterocycles. The van der Waals surface area contributed by atoms with Crippen LogP contribution in [0.5, 0.6) is 5.75 Å². The van der Waals surface area contributed by atoms with Crippen molar-refractivity contribution >= 4 is 6.08 Å². The van der Waals surface area contributed by atoms with Gasteiger partial charge in [-0.2, -0.15) is 0 Å². The van der Waals surface area contributed by atoms with Gasteiger partial charge in [-0.05, 0) is 24.6 Å². The van der Waals surface area contributed by atoms with Crippen LogP contribution in [0.1, 0.15) is 12.5 Å². The maximum absolute atomic E-state index is 9.35. The van der Waals surface area contributed by atoms with Crippen LogP contribution in [0, 0.1) is 0 Å². The first-order valence-corrected chi connectivity index (χ1v) is 4.38. The van der Waals surface area contributed by atoms with E-state index in [0.717, 1.165) is 16.9 Å². The van der Waals surface area contributed by atoms with Crippen molar-refractivity contribution < 1.29 is 9.84 Å². The third-order valence-electron chi connectivity index (χ3n) is 2.19. The van der Waals surface area contributed by atoms with Crippen molar-refractivity contribution in [3.63, 3.8) is 0 Å². The molecule has 0 fully saturated rings. The van der Waals surface area contributed by atoms with E-state index in [-0.39, 0.29) is 0 Å². The molecule has 0 saturated heterocycles. The highest BCUT2D eigenvalue weighted by atomic mass is 16.5. The van der Waals surface area contributed by atoms with Crippen LogP contribution in [0.3, 0.4) is 0 Å². The lowest BCUT2D eigenvalue weighted by Gasteiger charge is -2.19. The summed E-state index contributed by atoms with van der Waals surface area (Å²) in [6.07, 6.45) is 1.57. The van der Waals surface area contributed by atoms with Crippen LogP contribution in [0.25, 0.3) is 6.08 Å². The zero-order valence-corrected chi connectivity index (χ0v) is 7.53. The van der Waals surface area contributed by atoms with Crippen LogP contribution in [0.15, 0.2) is 29.8 Å². The summed E-state index contributed by atoms with van der Waals surface area (Å²) in [5.41, 5.74) is 1.98. The first-order chi connectivity index (χ1) is 6.27. The van der Waals surface area contributed by atoms with Crippen LogP contribution >= 0.6 is 0 Å². The second kappa shape index (κ2) is 3.23. The predicted octanol–water partition coefficient (Wildman–Crippen LogP) is 1.84. The molecule has 1 aromatic carbocycles. The zero-order valence-electron chi connectivity index (χ0n) is 7.53. The Hall–Kier alpha value is -1.28. The first kappa shape index (κ1) is 8.32. The molecule has 1 aromatic rings. The molecule has 0 aromatic heterocycles. The summed E-state index contributed by atoms with van der Waals surface area (Å²) in [4.78, 5) is 0. The Morgan fingerprint density at radius 3 is 2.92 bits per heavy atom. The van der Waals surface area contributed by atoms with Gasteiger partial charge in [0.2, 0.25) is 0 Å². The fraction of sp³-hybridized carbons (Fsp3) is 0.273. The lowest BCUT2D eigenvalue weighted by atomic mass is 10.0. The molecule has 0 aliphatic carbocycles. The van der Waals surface area contributed by atoms with E-state index in [9.17, 15) is 5.11 Å². The van der Waals surface area contributed by atoms with Crippen molar-refractivity contribution in [2.45, 2.75) is 13.0 Å². The minimum absolute atomic E-state index is 0.423. The molecule has 13 heavy (non-hydrogen) atoms. The Kier molecular flexibility index (Phi) is 2.07. The number of fused-ring (bicyclic) bond motifs is 1. The minimum atomic E-state index is -0.423. The van der Waals surface area contributed by atoms with Gasteiger partial charge in [-0.15, -0.1) is 0 Å². The maximum atomic E-state index is 9.35. The summed E-state index contributed by atoms with van der Waals surface area (Å²) in [7, 11) is 0. The molecule has 0 unspecified atom stereocenters. The molecule has 1 aliphatic heterocycles. The smallest absolute Gasteiger partial charge is 0.127 e. The average molecular weight is 176 g/mol. The highest BCUT2D eigenvalue weighted by molar-refractivity contribution is 5.62. The molecule has 0 radical (unpaired) electrons. The molecular weight excluding hydrogens is 164 g/mol. The Morgan fingerprint density at radius 2 is 2.15 bits per heavy atom. The fourth-order valence-corrected chi connectivity index (χ4v) is 1.37. The standard InChI is InChI=1S/C11H12O2/c1-8(12)10-6-9-4-2-3-5-11(9)13-7-10/h2-6,8,12H,7H2,1H3/t8-/m0/s1. The summed E-state index contributed by atoms with van der Waals surface area (Å²) >= 11 is 0. The van der Waals surface area contributed by atoms with Crippen LogP contribution in [0.2, 0.25) is 0 Å². The number of benzene rings is 1. The lowest BCUT2D eigenvalue weighted by molar-refractivity contribution is 0.209. The lowest BCUT2D eigenvalue weighted by Crippen LogP contribution is -2.16. The first-order valence-electron chi connectivity index (χ1n) is 4.38. The Morgan fingerprint density at radius 1 is 1.38 bits per heavy atom. The second-order valence-corrected chi connectivity index (χ2v) is 3.22. The van der Waals surface area contributed by atoms with Gasteiger partial charge in [-0.1, -0.05) is 18.2 Å². The molecule has 2 rings (SSSR count). The fourth-order valence-electron chi connectivity index (χ4n) is 1.37. The van der Waals surface area contributed by atoms with Gasteiger partial charge < -0.3 is 9.84 Å². The number of hydrogen-bond acceptors (Lipinski definition) is 2. The number of ether oxygens (including phenoxy) is 1.